The van der Waals surface area contributed by atoms with E-state index in [1.165, 1.54) is 28.6 Å². The molecule has 3 nitrogen and oxygen atoms in total. The molecule has 1 aromatic rings. The van der Waals surface area contributed by atoms with Crippen LogP contribution in [0.25, 0.3) is 5.57 Å². The van der Waals surface area contributed by atoms with Crippen LogP contribution in [-0.4, -0.2) is 24.8 Å². The summed E-state index contributed by atoms with van der Waals surface area (Å²) in [4.78, 5) is 0. The van der Waals surface area contributed by atoms with E-state index in [9.17, 15) is 0 Å². The van der Waals surface area contributed by atoms with Gasteiger partial charge in [0.1, 0.15) is 5.82 Å². The third-order valence-corrected chi connectivity index (χ3v) is 5.51. The van der Waals surface area contributed by atoms with E-state index in [1.54, 1.807) is 0 Å². The third kappa shape index (κ3) is 4.49. The average Bonchev–Trinajstić information content (AvgIpc) is 2.95. The molecule has 1 aliphatic rings. The number of aryl methyl sites for hydroxylation is 1. The fourth-order valence-corrected chi connectivity index (χ4v) is 3.57. The van der Waals surface area contributed by atoms with Gasteiger partial charge in [-0.1, -0.05) is 52.8 Å². The Morgan fingerprint density at radius 1 is 1.38 bits per heavy atom. The predicted octanol–water partition coefficient (Wildman–Crippen LogP) is 4.60. The first-order valence-electron chi connectivity index (χ1n) is 8.70. The van der Waals surface area contributed by atoms with E-state index >= 15 is 0 Å². The summed E-state index contributed by atoms with van der Waals surface area (Å²) in [7, 11) is 0.838. The molecule has 1 atom stereocenters. The largest absolute Gasteiger partial charge is 0.370 e. The van der Waals surface area contributed by atoms with Crippen LogP contribution in [-0.2, 0) is 0 Å². The zero-order valence-corrected chi connectivity index (χ0v) is 16.4. The minimum absolute atomic E-state index is 0.838. The van der Waals surface area contributed by atoms with E-state index in [4.69, 9.17) is 0 Å². The highest BCUT2D eigenvalue weighted by Gasteiger charge is 2.21. The Morgan fingerprint density at radius 3 is 2.75 bits per heavy atom. The van der Waals surface area contributed by atoms with Gasteiger partial charge in [0.25, 0.3) is 0 Å². The maximum Gasteiger partial charge on any atom is 0.121 e. The quantitative estimate of drug-likeness (QED) is 0.410. The molecule has 2 N–H and O–H groups in total. The molecule has 1 heterocycles. The number of hydrogen-bond donors (Lipinski definition) is 2. The number of benzene rings is 1. The van der Waals surface area contributed by atoms with Crippen LogP contribution in [0.4, 0.5) is 0 Å². The number of nitrogens with one attached hydrogen (secondary N) is 2. The van der Waals surface area contributed by atoms with Crippen molar-refractivity contribution in [3.63, 3.8) is 0 Å². The first-order valence-corrected chi connectivity index (χ1v) is 10.2. The van der Waals surface area contributed by atoms with Gasteiger partial charge < -0.3 is 5.32 Å². The van der Waals surface area contributed by atoms with Crippen LogP contribution < -0.4 is 10.7 Å². The molecule has 0 spiro atoms. The van der Waals surface area contributed by atoms with Crippen molar-refractivity contribution >= 4 is 14.2 Å². The Bertz CT molecular complexity index is 646. The molecule has 0 radical (unpaired) electrons. The molecule has 0 aliphatic carbocycles. The summed E-state index contributed by atoms with van der Waals surface area (Å²) in [5.74, 6) is 1.09. The van der Waals surface area contributed by atoms with Crippen molar-refractivity contribution in [3.8, 4) is 0 Å². The summed E-state index contributed by atoms with van der Waals surface area (Å²) in [5.41, 5.74) is 8.30. The molecule has 2 rings (SSSR count). The second-order valence-electron chi connectivity index (χ2n) is 6.13. The van der Waals surface area contributed by atoms with Crippen LogP contribution in [0.5, 0.6) is 0 Å². The monoisotopic (exact) mass is 343 g/mol. The summed E-state index contributed by atoms with van der Waals surface area (Å²) in [6.07, 6.45) is 4.51. The van der Waals surface area contributed by atoms with Crippen molar-refractivity contribution in [2.45, 2.75) is 33.6 Å². The summed E-state index contributed by atoms with van der Waals surface area (Å²) in [6, 6.07) is 8.41. The molecule has 0 bridgehead atoms. The highest BCUT2D eigenvalue weighted by atomic mass is 31.1. The minimum Gasteiger partial charge on any atom is -0.370 e. The van der Waals surface area contributed by atoms with E-state index in [1.807, 2.05) is 0 Å². The van der Waals surface area contributed by atoms with Gasteiger partial charge in [0, 0.05) is 18.8 Å². The molecule has 1 aliphatic heterocycles. The predicted molar refractivity (Wildman–Crippen MR) is 108 cm³/mol. The number of rotatable bonds is 8. The van der Waals surface area contributed by atoms with Crippen molar-refractivity contribution in [1.82, 2.24) is 15.8 Å². The van der Waals surface area contributed by atoms with Crippen LogP contribution in [0.1, 0.15) is 37.8 Å². The summed E-state index contributed by atoms with van der Waals surface area (Å²) in [6.45, 7) is 15.0. The lowest BCUT2D eigenvalue weighted by Crippen LogP contribution is -2.37. The lowest BCUT2D eigenvalue weighted by molar-refractivity contribution is 0.328. The van der Waals surface area contributed by atoms with E-state index in [0.717, 1.165) is 39.5 Å². The van der Waals surface area contributed by atoms with Gasteiger partial charge in [-0.15, -0.1) is 0 Å². The molecular formula is C20H30N3P. The fourth-order valence-electron chi connectivity index (χ4n) is 2.84. The molecule has 4 heteroatoms. The van der Waals surface area contributed by atoms with Crippen LogP contribution >= 0.6 is 8.58 Å². The summed E-state index contributed by atoms with van der Waals surface area (Å²) >= 11 is 0. The van der Waals surface area contributed by atoms with Gasteiger partial charge in [-0.25, -0.2) is 5.43 Å². The molecular weight excluding hydrogens is 313 g/mol. The summed E-state index contributed by atoms with van der Waals surface area (Å²) in [5, 5.41) is 7.26. The van der Waals surface area contributed by atoms with Crippen LogP contribution in [0.2, 0.25) is 0 Å². The number of allylic oxidation sites excluding steroid dienone is 3. The Morgan fingerprint density at radius 2 is 2.12 bits per heavy atom. The Kier molecular flexibility index (Phi) is 7.08. The van der Waals surface area contributed by atoms with Gasteiger partial charge in [0.05, 0.1) is 0 Å². The molecule has 0 saturated heterocycles. The highest BCUT2D eigenvalue weighted by molar-refractivity contribution is 7.42. The average molecular weight is 343 g/mol. The van der Waals surface area contributed by atoms with E-state index in [-0.39, 0.29) is 0 Å². The second kappa shape index (κ2) is 9.05. The number of nitrogens with zero attached hydrogens (tertiary/aromatic N) is 1. The maximum atomic E-state index is 4.30. The summed E-state index contributed by atoms with van der Waals surface area (Å²) < 4.78 is 0. The molecule has 0 amide bonds. The second-order valence-corrected chi connectivity index (χ2v) is 7.24. The number of unbranched alkanes of at least 4 members (excludes halogenated alkanes) is 1. The molecule has 24 heavy (non-hydrogen) atoms. The lowest BCUT2D eigenvalue weighted by atomic mass is 10.0. The van der Waals surface area contributed by atoms with Crippen molar-refractivity contribution in [1.29, 1.82) is 0 Å². The van der Waals surface area contributed by atoms with Gasteiger partial charge in [-0.3, -0.25) is 5.01 Å². The highest BCUT2D eigenvalue weighted by Crippen LogP contribution is 2.30. The van der Waals surface area contributed by atoms with Gasteiger partial charge in [0.2, 0.25) is 0 Å². The molecule has 1 aromatic carbocycles. The topological polar surface area (TPSA) is 27.3 Å². The minimum atomic E-state index is 0.838. The number of hydrazine groups is 1. The number of hydrogen-bond acceptors (Lipinski definition) is 3. The van der Waals surface area contributed by atoms with E-state index in [2.05, 4.69) is 80.1 Å². The first-order chi connectivity index (χ1) is 11.6. The van der Waals surface area contributed by atoms with E-state index in [0.29, 0.717) is 0 Å². The third-order valence-electron chi connectivity index (χ3n) is 4.37. The Labute approximate surface area is 148 Å². The van der Waals surface area contributed by atoms with Crippen molar-refractivity contribution in [2.75, 3.05) is 19.8 Å². The van der Waals surface area contributed by atoms with Gasteiger partial charge in [-0.05, 0) is 55.0 Å². The smallest absolute Gasteiger partial charge is 0.121 e. The van der Waals surface area contributed by atoms with Crippen molar-refractivity contribution in [2.24, 2.45) is 0 Å². The van der Waals surface area contributed by atoms with Gasteiger partial charge in [0.15, 0.2) is 0 Å². The fraction of sp³-hybridized carbons (Fsp3) is 0.400. The van der Waals surface area contributed by atoms with Gasteiger partial charge in [-0.2, -0.15) is 0 Å². The maximum absolute atomic E-state index is 4.30. The van der Waals surface area contributed by atoms with Crippen LogP contribution in [0, 0.1) is 6.92 Å². The molecule has 1 unspecified atom stereocenters. The molecule has 0 fully saturated rings. The van der Waals surface area contributed by atoms with E-state index < -0.39 is 0 Å². The molecule has 0 aromatic heterocycles. The lowest BCUT2D eigenvalue weighted by Gasteiger charge is -2.25. The molecule has 130 valence electrons. The zero-order valence-electron chi connectivity index (χ0n) is 15.4. The van der Waals surface area contributed by atoms with Crippen LogP contribution in [0.3, 0.4) is 0 Å². The standard InChI is InChI=1S/C20H30N3P/c1-6-7-12-21-20(23-17(4)19(24-5)14-22-23)13-16(3)18-11-9-8-10-15(18)2/h8-11,13,21-22,24H,3,6-7,12,14H2,1-2,4-5H3/b20-13-. The zero-order chi connectivity index (χ0) is 17.5. The molecule has 0 saturated carbocycles. The Hall–Kier alpha value is -1.57. The SMILES string of the molecule is C=C(/C=C(/NCCCC)N1NCC(PC)=C1C)c1ccccc1C. The van der Waals surface area contributed by atoms with Gasteiger partial charge >= 0.3 is 0 Å². The van der Waals surface area contributed by atoms with Crippen LogP contribution in [0.15, 0.2) is 53.8 Å². The normalized spacial score (nSPS) is 15.7. The first kappa shape index (κ1) is 18.8. The van der Waals surface area contributed by atoms with Crippen molar-refractivity contribution < 1.29 is 0 Å². The van der Waals surface area contributed by atoms with Crippen molar-refractivity contribution in [3.05, 3.63) is 64.9 Å². The Balaban J connectivity index is 2.27.